The molecule has 2 rings (SSSR count). The molecule has 1 aliphatic carbocycles. The molecule has 3 unspecified atom stereocenters. The predicted octanol–water partition coefficient (Wildman–Crippen LogP) is 2.48. The molecular weight excluding hydrogens is 268 g/mol. The first-order chi connectivity index (χ1) is 9.81. The molecule has 0 radical (unpaired) electrons. The molecule has 1 aromatic heterocycles. The lowest BCUT2D eigenvalue weighted by atomic mass is 9.97. The fraction of sp³-hybridized carbons (Fsp3) is 0.688. The number of aromatic nitrogens is 2. The third-order valence-corrected chi connectivity index (χ3v) is 4.73. The van der Waals surface area contributed by atoms with E-state index in [1.807, 2.05) is 6.92 Å². The molecule has 0 amide bonds. The second-order valence-corrected chi connectivity index (χ2v) is 6.43. The minimum Gasteiger partial charge on any atom is -0.481 e. The highest BCUT2D eigenvalue weighted by Crippen LogP contribution is 2.32. The van der Waals surface area contributed by atoms with Gasteiger partial charge in [0.2, 0.25) is 0 Å². The lowest BCUT2D eigenvalue weighted by Gasteiger charge is -2.20. The molecular formula is C16H24N2O3. The van der Waals surface area contributed by atoms with Gasteiger partial charge in [-0.15, -0.1) is 0 Å². The predicted molar refractivity (Wildman–Crippen MR) is 80.5 cm³/mol. The van der Waals surface area contributed by atoms with E-state index in [2.05, 4.69) is 11.9 Å². The van der Waals surface area contributed by atoms with Crippen molar-refractivity contribution in [2.75, 3.05) is 0 Å². The molecule has 0 spiro atoms. The second kappa shape index (κ2) is 6.00. The summed E-state index contributed by atoms with van der Waals surface area (Å²) < 4.78 is 1.67. The average molecular weight is 292 g/mol. The van der Waals surface area contributed by atoms with Gasteiger partial charge < -0.3 is 5.11 Å². The van der Waals surface area contributed by atoms with Crippen molar-refractivity contribution in [2.45, 2.75) is 59.4 Å². The Morgan fingerprint density at radius 2 is 2.10 bits per heavy atom. The summed E-state index contributed by atoms with van der Waals surface area (Å²) in [5.74, 6) is -0.328. The fourth-order valence-electron chi connectivity index (χ4n) is 3.53. The maximum absolute atomic E-state index is 12.2. The maximum atomic E-state index is 12.2. The van der Waals surface area contributed by atoms with Gasteiger partial charge in [-0.25, -0.2) is 4.79 Å². The number of carboxylic acids is 1. The molecule has 0 bridgehead atoms. The molecule has 21 heavy (non-hydrogen) atoms. The van der Waals surface area contributed by atoms with Crippen LogP contribution in [0.15, 0.2) is 4.79 Å². The van der Waals surface area contributed by atoms with Gasteiger partial charge in [-0.3, -0.25) is 9.36 Å². The Hall–Kier alpha value is -1.65. The third-order valence-electron chi connectivity index (χ3n) is 4.73. The highest BCUT2D eigenvalue weighted by Gasteiger charge is 2.26. The summed E-state index contributed by atoms with van der Waals surface area (Å²) >= 11 is 0. The van der Waals surface area contributed by atoms with Crippen LogP contribution in [0.1, 0.15) is 56.0 Å². The number of nitrogens with zero attached hydrogens (tertiary/aromatic N) is 2. The van der Waals surface area contributed by atoms with E-state index in [1.54, 1.807) is 18.4 Å². The second-order valence-electron chi connectivity index (χ2n) is 6.43. The van der Waals surface area contributed by atoms with Crippen LogP contribution in [0.2, 0.25) is 0 Å². The third kappa shape index (κ3) is 3.17. The Morgan fingerprint density at radius 1 is 1.43 bits per heavy atom. The van der Waals surface area contributed by atoms with E-state index in [-0.39, 0.29) is 5.69 Å². The Kier molecular flexibility index (Phi) is 4.49. The fourth-order valence-corrected chi connectivity index (χ4v) is 3.53. The van der Waals surface area contributed by atoms with E-state index < -0.39 is 11.9 Å². The highest BCUT2D eigenvalue weighted by molar-refractivity contribution is 5.76. The van der Waals surface area contributed by atoms with Gasteiger partial charge in [-0.1, -0.05) is 13.3 Å². The molecule has 1 N–H and O–H groups in total. The first-order valence-electron chi connectivity index (χ1n) is 7.62. The number of hydrogen-bond acceptors (Lipinski definition) is 3. The van der Waals surface area contributed by atoms with Crippen LogP contribution in [-0.2, 0) is 11.3 Å². The van der Waals surface area contributed by atoms with Crippen LogP contribution >= 0.6 is 0 Å². The van der Waals surface area contributed by atoms with E-state index in [0.29, 0.717) is 29.6 Å². The van der Waals surface area contributed by atoms with Crippen molar-refractivity contribution in [3.05, 3.63) is 27.4 Å². The van der Waals surface area contributed by atoms with Crippen LogP contribution in [0, 0.1) is 25.7 Å². The van der Waals surface area contributed by atoms with E-state index in [1.165, 1.54) is 6.42 Å². The molecule has 5 nitrogen and oxygen atoms in total. The van der Waals surface area contributed by atoms with Crippen LogP contribution < -0.4 is 5.69 Å². The van der Waals surface area contributed by atoms with E-state index in [0.717, 1.165) is 18.5 Å². The standard InChI is InChI=1S/C16H24N2O3/c1-9-5-6-13(7-9)8-18-12(4)14(10(2)15(19)20)11(3)17-16(18)21/h9-10,13H,5-8H2,1-4H3,(H,19,20). The van der Waals surface area contributed by atoms with Crippen LogP contribution in [0.3, 0.4) is 0 Å². The molecule has 0 aliphatic heterocycles. The molecule has 3 atom stereocenters. The molecule has 0 aromatic carbocycles. The average Bonchev–Trinajstić information content (AvgIpc) is 2.79. The van der Waals surface area contributed by atoms with Crippen LogP contribution in [0.4, 0.5) is 0 Å². The lowest BCUT2D eigenvalue weighted by Crippen LogP contribution is -2.31. The van der Waals surface area contributed by atoms with Crippen molar-refractivity contribution in [1.82, 2.24) is 9.55 Å². The summed E-state index contributed by atoms with van der Waals surface area (Å²) in [6, 6.07) is 0. The number of hydrogen-bond donors (Lipinski definition) is 1. The minimum atomic E-state index is -0.886. The molecule has 1 heterocycles. The highest BCUT2D eigenvalue weighted by atomic mass is 16.4. The van der Waals surface area contributed by atoms with Gasteiger partial charge in [0, 0.05) is 23.5 Å². The van der Waals surface area contributed by atoms with Crippen molar-refractivity contribution in [1.29, 1.82) is 0 Å². The van der Waals surface area contributed by atoms with Crippen molar-refractivity contribution in [3.8, 4) is 0 Å². The van der Waals surface area contributed by atoms with Crippen molar-refractivity contribution < 1.29 is 9.90 Å². The largest absolute Gasteiger partial charge is 0.481 e. The quantitative estimate of drug-likeness (QED) is 0.925. The van der Waals surface area contributed by atoms with Gasteiger partial charge in [-0.05, 0) is 45.4 Å². The zero-order valence-electron chi connectivity index (χ0n) is 13.2. The molecule has 1 aromatic rings. The summed E-state index contributed by atoms with van der Waals surface area (Å²) in [4.78, 5) is 27.5. The molecule has 0 saturated heterocycles. The van der Waals surface area contributed by atoms with Crippen molar-refractivity contribution in [2.24, 2.45) is 11.8 Å². The number of carboxylic acid groups (broad SMARTS) is 1. The summed E-state index contributed by atoms with van der Waals surface area (Å²) in [6.45, 7) is 8.09. The maximum Gasteiger partial charge on any atom is 0.347 e. The molecule has 116 valence electrons. The number of carbonyl (C=O) groups is 1. The topological polar surface area (TPSA) is 72.2 Å². The molecule has 1 aliphatic rings. The number of aliphatic carboxylic acids is 1. The first-order valence-corrected chi connectivity index (χ1v) is 7.62. The Balaban J connectivity index is 2.39. The van der Waals surface area contributed by atoms with Crippen LogP contribution in [-0.4, -0.2) is 20.6 Å². The van der Waals surface area contributed by atoms with E-state index in [9.17, 15) is 14.7 Å². The summed E-state index contributed by atoms with van der Waals surface area (Å²) in [6.07, 6.45) is 3.46. The number of rotatable bonds is 4. The number of aryl methyl sites for hydroxylation is 1. The summed E-state index contributed by atoms with van der Waals surface area (Å²) in [5.41, 5.74) is 1.70. The Bertz CT molecular complexity index is 606. The van der Waals surface area contributed by atoms with E-state index in [4.69, 9.17) is 0 Å². The molecule has 5 heteroatoms. The summed E-state index contributed by atoms with van der Waals surface area (Å²) in [7, 11) is 0. The smallest absolute Gasteiger partial charge is 0.347 e. The normalized spacial score (nSPS) is 23.2. The summed E-state index contributed by atoms with van der Waals surface area (Å²) in [5, 5.41) is 9.25. The van der Waals surface area contributed by atoms with E-state index >= 15 is 0 Å². The van der Waals surface area contributed by atoms with Crippen molar-refractivity contribution in [3.63, 3.8) is 0 Å². The SMILES string of the molecule is Cc1nc(=O)n(CC2CCC(C)C2)c(C)c1C(C)C(=O)O. The van der Waals surface area contributed by atoms with Crippen molar-refractivity contribution >= 4 is 5.97 Å². The minimum absolute atomic E-state index is 0.258. The molecule has 1 fully saturated rings. The Morgan fingerprint density at radius 3 is 2.62 bits per heavy atom. The zero-order valence-corrected chi connectivity index (χ0v) is 13.2. The Labute approximate surface area is 125 Å². The monoisotopic (exact) mass is 292 g/mol. The molecule has 1 saturated carbocycles. The van der Waals surface area contributed by atoms with Gasteiger partial charge in [0.15, 0.2) is 0 Å². The van der Waals surface area contributed by atoms with Gasteiger partial charge >= 0.3 is 11.7 Å². The van der Waals surface area contributed by atoms with Crippen LogP contribution in [0.25, 0.3) is 0 Å². The first kappa shape index (κ1) is 15.7. The lowest BCUT2D eigenvalue weighted by molar-refractivity contribution is -0.138. The van der Waals surface area contributed by atoms with Gasteiger partial charge in [0.1, 0.15) is 0 Å². The van der Waals surface area contributed by atoms with Crippen LogP contribution in [0.5, 0.6) is 0 Å². The zero-order chi connectivity index (χ0) is 15.7. The van der Waals surface area contributed by atoms with Gasteiger partial charge in [-0.2, -0.15) is 4.98 Å². The van der Waals surface area contributed by atoms with Gasteiger partial charge in [0.05, 0.1) is 5.92 Å². The van der Waals surface area contributed by atoms with Gasteiger partial charge in [0.25, 0.3) is 0 Å².